The summed E-state index contributed by atoms with van der Waals surface area (Å²) in [6.07, 6.45) is 1.89. The first-order chi connectivity index (χ1) is 12.7. The number of halogens is 1. The van der Waals surface area contributed by atoms with Crippen LogP contribution in [0.15, 0.2) is 24.3 Å². The number of ether oxygens (including phenoxy) is 1. The molecule has 3 rings (SSSR count). The van der Waals surface area contributed by atoms with Gasteiger partial charge in [0.25, 0.3) is 0 Å². The molecule has 6 nitrogen and oxygen atoms in total. The monoisotopic (exact) mass is 377 g/mol. The first-order valence-electron chi connectivity index (χ1n) is 9.52. The van der Waals surface area contributed by atoms with Crippen LogP contribution in [0.5, 0.6) is 0 Å². The van der Waals surface area contributed by atoms with Gasteiger partial charge in [0.2, 0.25) is 0 Å². The van der Waals surface area contributed by atoms with Crippen LogP contribution >= 0.6 is 0 Å². The molecule has 2 atom stereocenters. The van der Waals surface area contributed by atoms with Crippen LogP contribution in [0.4, 0.5) is 14.0 Å². The Kier molecular flexibility index (Phi) is 5.58. The summed E-state index contributed by atoms with van der Waals surface area (Å²) in [5, 5.41) is 5.93. The van der Waals surface area contributed by atoms with Gasteiger partial charge in [-0.25, -0.2) is 14.0 Å². The van der Waals surface area contributed by atoms with E-state index in [9.17, 15) is 14.0 Å². The second-order valence-corrected chi connectivity index (χ2v) is 8.36. The van der Waals surface area contributed by atoms with Crippen molar-refractivity contribution in [2.45, 2.75) is 63.6 Å². The molecular formula is C20H28FN3O3. The van der Waals surface area contributed by atoms with Crippen LogP contribution in [0, 0.1) is 5.82 Å². The van der Waals surface area contributed by atoms with E-state index in [1.807, 2.05) is 20.8 Å². The zero-order chi connectivity index (χ0) is 19.6. The second-order valence-electron chi connectivity index (χ2n) is 8.36. The van der Waals surface area contributed by atoms with E-state index in [0.717, 1.165) is 12.0 Å². The summed E-state index contributed by atoms with van der Waals surface area (Å²) >= 11 is 0. The molecule has 1 aromatic carbocycles. The highest BCUT2D eigenvalue weighted by molar-refractivity contribution is 5.75. The minimum atomic E-state index is -0.518. The number of piperidine rings is 1. The van der Waals surface area contributed by atoms with Gasteiger partial charge in [0.15, 0.2) is 0 Å². The third-order valence-electron chi connectivity index (χ3n) is 4.90. The number of likely N-dealkylation sites (tertiary alicyclic amines) is 1. The molecule has 1 heterocycles. The summed E-state index contributed by atoms with van der Waals surface area (Å²) in [5.74, 6) is 0.0174. The zero-order valence-electron chi connectivity index (χ0n) is 16.1. The lowest BCUT2D eigenvalue weighted by Crippen LogP contribution is -2.50. The number of nitrogens with zero attached hydrogens (tertiary/aromatic N) is 1. The molecular weight excluding hydrogens is 349 g/mol. The van der Waals surface area contributed by atoms with E-state index < -0.39 is 11.7 Å². The number of hydrogen-bond acceptors (Lipinski definition) is 3. The topological polar surface area (TPSA) is 70.7 Å². The van der Waals surface area contributed by atoms with Gasteiger partial charge in [-0.05, 0) is 57.7 Å². The molecule has 148 valence electrons. The van der Waals surface area contributed by atoms with Gasteiger partial charge in [-0.15, -0.1) is 0 Å². The number of rotatable bonds is 3. The highest BCUT2D eigenvalue weighted by Crippen LogP contribution is 2.40. The Hall–Kier alpha value is -2.31. The van der Waals surface area contributed by atoms with Crippen LogP contribution in [0.1, 0.15) is 51.5 Å². The summed E-state index contributed by atoms with van der Waals surface area (Å²) in [7, 11) is 0. The molecule has 1 aromatic rings. The van der Waals surface area contributed by atoms with Crippen LogP contribution < -0.4 is 10.6 Å². The number of benzene rings is 1. The molecule has 27 heavy (non-hydrogen) atoms. The van der Waals surface area contributed by atoms with Crippen molar-refractivity contribution < 1.29 is 18.7 Å². The molecule has 1 aliphatic carbocycles. The van der Waals surface area contributed by atoms with Gasteiger partial charge in [0.05, 0.1) is 0 Å². The maximum absolute atomic E-state index is 13.0. The van der Waals surface area contributed by atoms with Crippen LogP contribution in [-0.2, 0) is 4.74 Å². The maximum Gasteiger partial charge on any atom is 0.407 e. The van der Waals surface area contributed by atoms with Crippen LogP contribution in [0.2, 0.25) is 0 Å². The van der Waals surface area contributed by atoms with E-state index in [1.165, 1.54) is 12.1 Å². The van der Waals surface area contributed by atoms with Gasteiger partial charge in [-0.2, -0.15) is 0 Å². The minimum absolute atomic E-state index is 0.0248. The van der Waals surface area contributed by atoms with Crippen molar-refractivity contribution >= 4 is 12.1 Å². The normalized spacial score (nSPS) is 22.9. The van der Waals surface area contributed by atoms with E-state index in [0.29, 0.717) is 25.9 Å². The smallest absolute Gasteiger partial charge is 0.407 e. The zero-order valence-corrected chi connectivity index (χ0v) is 16.1. The molecule has 0 bridgehead atoms. The first kappa shape index (κ1) is 19.5. The summed E-state index contributed by atoms with van der Waals surface area (Å²) in [5.41, 5.74) is 0.540. The maximum atomic E-state index is 13.0. The Labute approximate surface area is 159 Å². The van der Waals surface area contributed by atoms with Gasteiger partial charge in [-0.3, -0.25) is 0 Å². The summed E-state index contributed by atoms with van der Waals surface area (Å²) < 4.78 is 18.3. The lowest BCUT2D eigenvalue weighted by Gasteiger charge is -2.33. The van der Waals surface area contributed by atoms with Gasteiger partial charge in [-0.1, -0.05) is 12.1 Å². The predicted octanol–water partition coefficient (Wildman–Crippen LogP) is 3.38. The lowest BCUT2D eigenvalue weighted by molar-refractivity contribution is 0.0485. The van der Waals surface area contributed by atoms with Gasteiger partial charge >= 0.3 is 12.1 Å². The Morgan fingerprint density at radius 3 is 2.33 bits per heavy atom. The number of urea groups is 1. The molecule has 1 saturated carbocycles. The van der Waals surface area contributed by atoms with Crippen molar-refractivity contribution in [3.05, 3.63) is 35.6 Å². The van der Waals surface area contributed by atoms with E-state index in [1.54, 1.807) is 17.0 Å². The fourth-order valence-corrected chi connectivity index (χ4v) is 3.38. The Morgan fingerprint density at radius 1 is 1.11 bits per heavy atom. The SMILES string of the molecule is CC(C)(C)OC(=O)NC1CCN(C(=O)N[C@@H]2C[C@H]2c2ccc(F)cc2)CC1. The molecule has 0 radical (unpaired) electrons. The van der Waals surface area contributed by atoms with Crippen molar-refractivity contribution in [3.63, 3.8) is 0 Å². The molecule has 2 aliphatic rings. The number of nitrogens with one attached hydrogen (secondary N) is 2. The third kappa shape index (κ3) is 5.58. The lowest BCUT2D eigenvalue weighted by atomic mass is 10.1. The van der Waals surface area contributed by atoms with E-state index in [4.69, 9.17) is 4.74 Å². The molecule has 0 spiro atoms. The molecule has 7 heteroatoms. The number of hydrogen-bond donors (Lipinski definition) is 2. The molecule has 3 amide bonds. The van der Waals surface area contributed by atoms with Crippen LogP contribution in [0.3, 0.4) is 0 Å². The van der Waals surface area contributed by atoms with Crippen LogP contribution in [0.25, 0.3) is 0 Å². The quantitative estimate of drug-likeness (QED) is 0.848. The van der Waals surface area contributed by atoms with Crippen molar-refractivity contribution in [1.29, 1.82) is 0 Å². The summed E-state index contributed by atoms with van der Waals surface area (Å²) in [6.45, 7) is 6.68. The summed E-state index contributed by atoms with van der Waals surface area (Å²) in [6, 6.07) is 6.53. The number of alkyl carbamates (subject to hydrolysis) is 1. The molecule has 0 aromatic heterocycles. The van der Waals surface area contributed by atoms with E-state index >= 15 is 0 Å². The molecule has 0 unspecified atom stereocenters. The second kappa shape index (κ2) is 7.74. The third-order valence-corrected chi connectivity index (χ3v) is 4.90. The molecule has 1 aliphatic heterocycles. The highest BCUT2D eigenvalue weighted by atomic mass is 19.1. The van der Waals surface area contributed by atoms with Gasteiger partial charge in [0, 0.05) is 31.1 Å². The fourth-order valence-electron chi connectivity index (χ4n) is 3.38. The molecule has 2 fully saturated rings. The first-order valence-corrected chi connectivity index (χ1v) is 9.52. The number of carbonyl (C=O) groups excluding carboxylic acids is 2. The van der Waals surface area contributed by atoms with Crippen molar-refractivity contribution in [2.75, 3.05) is 13.1 Å². The largest absolute Gasteiger partial charge is 0.444 e. The minimum Gasteiger partial charge on any atom is -0.444 e. The van der Waals surface area contributed by atoms with E-state index in [2.05, 4.69) is 10.6 Å². The average Bonchev–Trinajstić information content (AvgIpc) is 3.33. The standard InChI is InChI=1S/C20H28FN3O3/c1-20(2,3)27-19(26)22-15-8-10-24(11-9-15)18(25)23-17-12-16(17)13-4-6-14(21)7-5-13/h4-7,15-17H,8-12H2,1-3H3,(H,22,26)(H,23,25)/t16-,17+/m0/s1. The van der Waals surface area contributed by atoms with Gasteiger partial charge in [0.1, 0.15) is 11.4 Å². The fraction of sp³-hybridized carbons (Fsp3) is 0.600. The van der Waals surface area contributed by atoms with Crippen molar-refractivity contribution in [3.8, 4) is 0 Å². The summed E-state index contributed by atoms with van der Waals surface area (Å²) in [4.78, 5) is 26.1. The molecule has 2 N–H and O–H groups in total. The number of amides is 3. The Bertz CT molecular complexity index is 679. The van der Waals surface area contributed by atoms with Crippen molar-refractivity contribution in [2.24, 2.45) is 0 Å². The van der Waals surface area contributed by atoms with Crippen molar-refractivity contribution in [1.82, 2.24) is 15.5 Å². The molecule has 1 saturated heterocycles. The predicted molar refractivity (Wildman–Crippen MR) is 100 cm³/mol. The number of carbonyl (C=O) groups is 2. The average molecular weight is 377 g/mol. The highest BCUT2D eigenvalue weighted by Gasteiger charge is 2.40. The van der Waals surface area contributed by atoms with E-state index in [-0.39, 0.29) is 29.8 Å². The van der Waals surface area contributed by atoms with Gasteiger partial charge < -0.3 is 20.3 Å². The Morgan fingerprint density at radius 2 is 1.74 bits per heavy atom. The van der Waals surface area contributed by atoms with Crippen LogP contribution in [-0.4, -0.2) is 47.8 Å². The Balaban J connectivity index is 1.39.